The van der Waals surface area contributed by atoms with E-state index >= 15 is 0 Å². The highest BCUT2D eigenvalue weighted by molar-refractivity contribution is 5.49. The van der Waals surface area contributed by atoms with Crippen LogP contribution in [0, 0.1) is 26.1 Å². The third-order valence-electron chi connectivity index (χ3n) is 3.86. The Morgan fingerprint density at radius 1 is 1.29 bits per heavy atom. The van der Waals surface area contributed by atoms with E-state index in [9.17, 15) is 20.2 Å². The van der Waals surface area contributed by atoms with E-state index in [4.69, 9.17) is 0 Å². The summed E-state index contributed by atoms with van der Waals surface area (Å²) in [6.45, 7) is 2.92. The Balaban J connectivity index is 2.11. The SMILES string of the molecule is CCNC(CCc1ccc([N+](=O)[O-])cc1[N+](=O)[O-])C1CC1. The van der Waals surface area contributed by atoms with Gasteiger partial charge in [0, 0.05) is 17.7 Å². The van der Waals surface area contributed by atoms with Crippen LogP contribution in [-0.2, 0) is 6.42 Å². The first kappa shape index (κ1) is 15.4. The van der Waals surface area contributed by atoms with E-state index in [0.717, 1.165) is 19.0 Å². The van der Waals surface area contributed by atoms with Crippen molar-refractivity contribution in [3.8, 4) is 0 Å². The van der Waals surface area contributed by atoms with Crippen LogP contribution in [0.4, 0.5) is 11.4 Å². The van der Waals surface area contributed by atoms with Crippen LogP contribution in [0.5, 0.6) is 0 Å². The van der Waals surface area contributed by atoms with E-state index in [-0.39, 0.29) is 11.4 Å². The van der Waals surface area contributed by atoms with Gasteiger partial charge < -0.3 is 5.32 Å². The van der Waals surface area contributed by atoms with E-state index in [1.165, 1.54) is 25.0 Å². The molecule has 1 aliphatic rings. The summed E-state index contributed by atoms with van der Waals surface area (Å²) in [5, 5.41) is 25.2. The number of rotatable bonds is 8. The zero-order valence-corrected chi connectivity index (χ0v) is 11.9. The Bertz CT molecular complexity index is 543. The van der Waals surface area contributed by atoms with E-state index in [2.05, 4.69) is 5.32 Å². The van der Waals surface area contributed by atoms with Gasteiger partial charge in [-0.15, -0.1) is 0 Å². The molecule has 1 atom stereocenters. The number of benzene rings is 1. The first-order valence-corrected chi connectivity index (χ1v) is 7.18. The third kappa shape index (κ3) is 3.98. The predicted molar refractivity (Wildman–Crippen MR) is 78.3 cm³/mol. The van der Waals surface area contributed by atoms with Gasteiger partial charge in [0.05, 0.1) is 15.9 Å². The van der Waals surface area contributed by atoms with Crippen molar-refractivity contribution < 1.29 is 9.85 Å². The molecule has 1 unspecified atom stereocenters. The number of aryl methyl sites for hydroxylation is 1. The Morgan fingerprint density at radius 2 is 2.00 bits per heavy atom. The zero-order valence-electron chi connectivity index (χ0n) is 11.9. The average Bonchev–Trinajstić information content (AvgIpc) is 3.27. The molecule has 0 aliphatic heterocycles. The van der Waals surface area contributed by atoms with Crippen LogP contribution < -0.4 is 5.32 Å². The lowest BCUT2D eigenvalue weighted by atomic mass is 10.0. The van der Waals surface area contributed by atoms with Gasteiger partial charge in [-0.05, 0) is 44.2 Å². The van der Waals surface area contributed by atoms with Gasteiger partial charge in [0.25, 0.3) is 11.4 Å². The number of nitrogens with one attached hydrogen (secondary N) is 1. The fourth-order valence-electron chi connectivity index (χ4n) is 2.62. The van der Waals surface area contributed by atoms with Crippen molar-refractivity contribution in [1.29, 1.82) is 0 Å². The van der Waals surface area contributed by atoms with Crippen LogP contribution in [-0.4, -0.2) is 22.4 Å². The highest BCUT2D eigenvalue weighted by Crippen LogP contribution is 2.35. The number of nitrogens with zero attached hydrogens (tertiary/aromatic N) is 2. The molecular weight excluding hydrogens is 274 g/mol. The first-order valence-electron chi connectivity index (χ1n) is 7.18. The van der Waals surface area contributed by atoms with Gasteiger partial charge in [0.15, 0.2) is 0 Å². The Morgan fingerprint density at radius 3 is 2.52 bits per heavy atom. The monoisotopic (exact) mass is 293 g/mol. The molecular formula is C14H19N3O4. The summed E-state index contributed by atoms with van der Waals surface area (Å²) in [4.78, 5) is 20.6. The maximum absolute atomic E-state index is 11.1. The molecule has 7 heteroatoms. The Kier molecular flexibility index (Phi) is 4.85. The number of hydrogen-bond acceptors (Lipinski definition) is 5. The molecule has 0 radical (unpaired) electrons. The van der Waals surface area contributed by atoms with Crippen molar-refractivity contribution in [2.75, 3.05) is 6.54 Å². The van der Waals surface area contributed by atoms with Gasteiger partial charge in [0.1, 0.15) is 0 Å². The minimum atomic E-state index is -0.609. The summed E-state index contributed by atoms with van der Waals surface area (Å²) in [5.74, 6) is 0.669. The lowest BCUT2D eigenvalue weighted by Gasteiger charge is -2.16. The topological polar surface area (TPSA) is 98.3 Å². The van der Waals surface area contributed by atoms with Gasteiger partial charge in [-0.2, -0.15) is 0 Å². The fourth-order valence-corrected chi connectivity index (χ4v) is 2.62. The Labute approximate surface area is 122 Å². The lowest BCUT2D eigenvalue weighted by Crippen LogP contribution is -2.31. The minimum absolute atomic E-state index is 0.157. The molecule has 1 aromatic carbocycles. The van der Waals surface area contributed by atoms with Gasteiger partial charge in [-0.3, -0.25) is 20.2 Å². The molecule has 0 heterocycles. The molecule has 1 N–H and O–H groups in total. The number of hydrogen-bond donors (Lipinski definition) is 1. The second-order valence-electron chi connectivity index (χ2n) is 5.37. The second-order valence-corrected chi connectivity index (χ2v) is 5.37. The molecule has 2 rings (SSSR count). The molecule has 0 saturated heterocycles. The maximum Gasteiger partial charge on any atom is 0.279 e. The highest BCUT2D eigenvalue weighted by atomic mass is 16.6. The largest absolute Gasteiger partial charge is 0.314 e. The maximum atomic E-state index is 11.1. The van der Waals surface area contributed by atoms with E-state index < -0.39 is 9.85 Å². The summed E-state index contributed by atoms with van der Waals surface area (Å²) in [6.07, 6.45) is 3.79. The second kappa shape index (κ2) is 6.62. The first-order chi connectivity index (χ1) is 10.0. The average molecular weight is 293 g/mol. The summed E-state index contributed by atoms with van der Waals surface area (Å²) in [5.41, 5.74) is 0.167. The van der Waals surface area contributed by atoms with Crippen LogP contribution in [0.2, 0.25) is 0 Å². The van der Waals surface area contributed by atoms with Crippen molar-refractivity contribution >= 4 is 11.4 Å². The molecule has 1 aliphatic carbocycles. The molecule has 7 nitrogen and oxygen atoms in total. The zero-order chi connectivity index (χ0) is 15.4. The van der Waals surface area contributed by atoms with Gasteiger partial charge in [-0.1, -0.05) is 6.92 Å². The smallest absolute Gasteiger partial charge is 0.279 e. The van der Waals surface area contributed by atoms with Gasteiger partial charge >= 0.3 is 0 Å². The molecule has 21 heavy (non-hydrogen) atoms. The van der Waals surface area contributed by atoms with E-state index in [1.807, 2.05) is 6.92 Å². The molecule has 1 saturated carbocycles. The summed E-state index contributed by atoms with van der Waals surface area (Å²) in [6, 6.07) is 4.27. The van der Waals surface area contributed by atoms with Crippen LogP contribution in [0.3, 0.4) is 0 Å². The highest BCUT2D eigenvalue weighted by Gasteiger charge is 2.30. The predicted octanol–water partition coefficient (Wildman–Crippen LogP) is 2.82. The van der Waals surface area contributed by atoms with Crippen molar-refractivity contribution in [1.82, 2.24) is 5.32 Å². The van der Waals surface area contributed by atoms with Crippen molar-refractivity contribution in [2.24, 2.45) is 5.92 Å². The summed E-state index contributed by atoms with van der Waals surface area (Å²) in [7, 11) is 0. The minimum Gasteiger partial charge on any atom is -0.314 e. The molecule has 1 aromatic rings. The molecule has 0 spiro atoms. The van der Waals surface area contributed by atoms with Crippen LogP contribution in [0.1, 0.15) is 31.7 Å². The Hall–Kier alpha value is -2.02. The normalized spacial score (nSPS) is 15.7. The van der Waals surface area contributed by atoms with E-state index in [0.29, 0.717) is 23.9 Å². The number of nitro benzene ring substituents is 2. The van der Waals surface area contributed by atoms with Crippen molar-refractivity contribution in [2.45, 2.75) is 38.6 Å². The summed E-state index contributed by atoms with van der Waals surface area (Å²) >= 11 is 0. The van der Waals surface area contributed by atoms with Gasteiger partial charge in [-0.25, -0.2) is 0 Å². The summed E-state index contributed by atoms with van der Waals surface area (Å²) < 4.78 is 0. The molecule has 114 valence electrons. The quantitative estimate of drug-likeness (QED) is 0.587. The van der Waals surface area contributed by atoms with Crippen LogP contribution in [0.15, 0.2) is 18.2 Å². The van der Waals surface area contributed by atoms with E-state index in [1.54, 1.807) is 0 Å². The molecule has 0 aromatic heterocycles. The molecule has 0 bridgehead atoms. The molecule has 1 fully saturated rings. The van der Waals surface area contributed by atoms with Gasteiger partial charge in [0.2, 0.25) is 0 Å². The standard InChI is InChI=1S/C14H19N3O4/c1-2-15-13(10-3-4-10)8-6-11-5-7-12(16(18)19)9-14(11)17(20)21/h5,7,9-10,13,15H,2-4,6,8H2,1H3. The van der Waals surface area contributed by atoms with Crippen LogP contribution >= 0.6 is 0 Å². The molecule has 0 amide bonds. The number of non-ortho nitro benzene ring substituents is 1. The number of nitro groups is 2. The van der Waals surface area contributed by atoms with Crippen molar-refractivity contribution in [3.63, 3.8) is 0 Å². The lowest BCUT2D eigenvalue weighted by molar-refractivity contribution is -0.394. The van der Waals surface area contributed by atoms with Crippen LogP contribution in [0.25, 0.3) is 0 Å². The van der Waals surface area contributed by atoms with Crippen molar-refractivity contribution in [3.05, 3.63) is 44.0 Å². The fraction of sp³-hybridized carbons (Fsp3) is 0.571. The third-order valence-corrected chi connectivity index (χ3v) is 3.86.